The van der Waals surface area contributed by atoms with Crippen LogP contribution >= 0.6 is 0 Å². The monoisotopic (exact) mass is 326 g/mol. The molecule has 0 radical (unpaired) electrons. The minimum Gasteiger partial charge on any atom is -0.872 e. The van der Waals surface area contributed by atoms with Gasteiger partial charge in [0.2, 0.25) is 0 Å². The molecule has 0 aliphatic carbocycles. The normalized spacial score (nSPS) is 13.2. The number of hydrogen-bond acceptors (Lipinski definition) is 4. The summed E-state index contributed by atoms with van der Waals surface area (Å²) in [4.78, 5) is 4.02. The molecule has 0 aliphatic heterocycles. The number of nitriles is 1. The Hall–Kier alpha value is -0.515. The molecule has 0 spiro atoms. The Kier molecular flexibility index (Phi) is 5.48. The third-order valence-electron chi connectivity index (χ3n) is 3.05. The average molecular weight is 327 g/mol. The SMILES string of the molecule is Cn1cncc1C(C)(N)c1ccc(C#N)c([O-])c1.[Rb+]. The van der Waals surface area contributed by atoms with Crippen molar-refractivity contribution < 1.29 is 63.3 Å². The molecule has 92 valence electrons. The van der Waals surface area contributed by atoms with Crippen LogP contribution in [0.2, 0.25) is 0 Å². The van der Waals surface area contributed by atoms with Gasteiger partial charge < -0.3 is 15.4 Å². The van der Waals surface area contributed by atoms with Gasteiger partial charge in [-0.25, -0.2) is 4.98 Å². The second kappa shape index (κ2) is 6.29. The van der Waals surface area contributed by atoms with E-state index >= 15 is 0 Å². The van der Waals surface area contributed by atoms with Gasteiger partial charge in [-0.2, -0.15) is 5.26 Å². The maximum atomic E-state index is 11.7. The van der Waals surface area contributed by atoms with Crippen molar-refractivity contribution in [2.75, 3.05) is 0 Å². The predicted molar refractivity (Wildman–Crippen MR) is 64.5 cm³/mol. The van der Waals surface area contributed by atoms with Crippen LogP contribution in [-0.2, 0) is 12.6 Å². The predicted octanol–water partition coefficient (Wildman–Crippen LogP) is -2.41. The second-order valence-electron chi connectivity index (χ2n) is 4.41. The van der Waals surface area contributed by atoms with Gasteiger partial charge >= 0.3 is 58.2 Å². The van der Waals surface area contributed by atoms with Crippen molar-refractivity contribution in [2.45, 2.75) is 12.5 Å². The quantitative estimate of drug-likeness (QED) is 0.665. The number of aromatic nitrogens is 2. The molecule has 0 amide bonds. The Bertz CT molecular complexity index is 628. The molecule has 1 aromatic carbocycles. The second-order valence-corrected chi connectivity index (χ2v) is 4.41. The molecule has 0 fully saturated rings. The van der Waals surface area contributed by atoms with Crippen molar-refractivity contribution >= 4 is 0 Å². The summed E-state index contributed by atoms with van der Waals surface area (Å²) in [5.41, 5.74) is 7.05. The van der Waals surface area contributed by atoms with Gasteiger partial charge in [-0.15, -0.1) is 0 Å². The van der Waals surface area contributed by atoms with Crippen molar-refractivity contribution in [3.8, 4) is 11.8 Å². The van der Waals surface area contributed by atoms with E-state index in [0.717, 1.165) is 5.69 Å². The van der Waals surface area contributed by atoms with Crippen LogP contribution < -0.4 is 69.0 Å². The first-order chi connectivity index (χ1) is 8.46. The third kappa shape index (κ3) is 3.15. The number of imidazole rings is 1. The molecule has 1 unspecified atom stereocenters. The van der Waals surface area contributed by atoms with Crippen LogP contribution in [0.1, 0.15) is 23.7 Å². The zero-order chi connectivity index (χ0) is 13.3. The third-order valence-corrected chi connectivity index (χ3v) is 3.05. The van der Waals surface area contributed by atoms with Crippen LogP contribution in [0, 0.1) is 11.3 Å². The van der Waals surface area contributed by atoms with Crippen molar-refractivity contribution in [3.63, 3.8) is 0 Å². The van der Waals surface area contributed by atoms with Crippen molar-refractivity contribution in [2.24, 2.45) is 12.8 Å². The molecule has 1 atom stereocenters. The zero-order valence-electron chi connectivity index (χ0n) is 11.2. The number of aryl methyl sites for hydroxylation is 1. The largest absolute Gasteiger partial charge is 1.00 e. The molecule has 1 aromatic heterocycles. The molecular formula is C13H13N4ORb. The molecule has 0 aliphatic rings. The van der Waals surface area contributed by atoms with Gasteiger partial charge in [0.25, 0.3) is 0 Å². The molecule has 6 heteroatoms. The first-order valence-corrected chi connectivity index (χ1v) is 5.44. The number of hydrogen-bond donors (Lipinski definition) is 1. The molecule has 19 heavy (non-hydrogen) atoms. The van der Waals surface area contributed by atoms with Crippen LogP contribution in [0.15, 0.2) is 30.7 Å². The van der Waals surface area contributed by atoms with Gasteiger partial charge in [-0.3, -0.25) is 0 Å². The summed E-state index contributed by atoms with van der Waals surface area (Å²) in [6.45, 7) is 1.81. The van der Waals surface area contributed by atoms with Crippen LogP contribution in [0.3, 0.4) is 0 Å². The smallest absolute Gasteiger partial charge is 0.872 e. The number of benzene rings is 1. The summed E-state index contributed by atoms with van der Waals surface area (Å²) in [7, 11) is 1.84. The molecule has 2 N–H and O–H groups in total. The van der Waals surface area contributed by atoms with Crippen LogP contribution in [0.25, 0.3) is 0 Å². The van der Waals surface area contributed by atoms with E-state index in [1.54, 1.807) is 18.6 Å². The Morgan fingerprint density at radius 3 is 2.63 bits per heavy atom. The first kappa shape index (κ1) is 16.5. The summed E-state index contributed by atoms with van der Waals surface area (Å²) in [5, 5.41) is 20.4. The summed E-state index contributed by atoms with van der Waals surface area (Å²) in [6, 6.07) is 6.46. The van der Waals surface area contributed by atoms with Gasteiger partial charge in [-0.1, -0.05) is 17.9 Å². The minimum absolute atomic E-state index is 0. The van der Waals surface area contributed by atoms with E-state index in [2.05, 4.69) is 4.98 Å². The Morgan fingerprint density at radius 2 is 2.16 bits per heavy atom. The fraction of sp³-hybridized carbons (Fsp3) is 0.231. The maximum Gasteiger partial charge on any atom is 1.00 e. The van der Waals surface area contributed by atoms with Crippen molar-refractivity contribution in [1.29, 1.82) is 5.26 Å². The fourth-order valence-electron chi connectivity index (χ4n) is 1.94. The van der Waals surface area contributed by atoms with E-state index in [1.807, 2.05) is 24.6 Å². The summed E-state index contributed by atoms with van der Waals surface area (Å²) in [5.74, 6) is -0.311. The summed E-state index contributed by atoms with van der Waals surface area (Å²) >= 11 is 0. The molecular weight excluding hydrogens is 314 g/mol. The van der Waals surface area contributed by atoms with Gasteiger partial charge in [0, 0.05) is 12.6 Å². The van der Waals surface area contributed by atoms with E-state index in [0.29, 0.717) is 5.56 Å². The summed E-state index contributed by atoms with van der Waals surface area (Å²) < 4.78 is 1.81. The molecule has 2 aromatic rings. The number of rotatable bonds is 2. The number of nitrogens with two attached hydrogens (primary N) is 1. The molecule has 5 nitrogen and oxygen atoms in total. The Labute approximate surface area is 160 Å². The standard InChI is InChI=1S/C13H14N4O.Rb/c1-13(15,12-7-16-8-17(12)2)10-4-3-9(6-14)11(18)5-10;/h3-5,7-8,18H,15H2,1-2H3;/q;+1/p-1. The molecule has 0 bridgehead atoms. The zero-order valence-corrected chi connectivity index (χ0v) is 16.1. The maximum absolute atomic E-state index is 11.7. The number of nitrogens with zero attached hydrogens (tertiary/aromatic N) is 3. The van der Waals surface area contributed by atoms with E-state index in [1.165, 1.54) is 12.1 Å². The Balaban J connectivity index is 0.00000180. The van der Waals surface area contributed by atoms with E-state index in [4.69, 9.17) is 11.0 Å². The van der Waals surface area contributed by atoms with Gasteiger partial charge in [0.05, 0.1) is 29.8 Å². The van der Waals surface area contributed by atoms with Crippen LogP contribution in [-0.4, -0.2) is 9.55 Å². The minimum atomic E-state index is -0.821. The molecule has 2 rings (SSSR count). The van der Waals surface area contributed by atoms with Gasteiger partial charge in [-0.05, 0) is 18.6 Å². The first-order valence-electron chi connectivity index (χ1n) is 5.44. The molecule has 1 heterocycles. The van der Waals surface area contributed by atoms with Crippen LogP contribution in [0.4, 0.5) is 0 Å². The molecule has 0 saturated carbocycles. The van der Waals surface area contributed by atoms with Gasteiger partial charge in [0.15, 0.2) is 0 Å². The summed E-state index contributed by atoms with van der Waals surface area (Å²) in [6.07, 6.45) is 3.32. The fourth-order valence-corrected chi connectivity index (χ4v) is 1.94. The van der Waals surface area contributed by atoms with E-state index in [-0.39, 0.29) is 69.5 Å². The van der Waals surface area contributed by atoms with E-state index < -0.39 is 5.54 Å². The van der Waals surface area contributed by atoms with Gasteiger partial charge in [0.1, 0.15) is 0 Å². The molecule has 0 saturated heterocycles. The topological polar surface area (TPSA) is 90.7 Å². The Morgan fingerprint density at radius 1 is 1.47 bits per heavy atom. The average Bonchev–Trinajstić information content (AvgIpc) is 2.76. The van der Waals surface area contributed by atoms with E-state index in [9.17, 15) is 5.11 Å². The van der Waals surface area contributed by atoms with Crippen molar-refractivity contribution in [1.82, 2.24) is 9.55 Å². The van der Waals surface area contributed by atoms with Crippen molar-refractivity contribution in [3.05, 3.63) is 47.5 Å². The van der Waals surface area contributed by atoms with Crippen LogP contribution in [0.5, 0.6) is 5.75 Å².